The fourth-order valence-corrected chi connectivity index (χ4v) is 3.97. The van der Waals surface area contributed by atoms with Crippen LogP contribution in [0.3, 0.4) is 0 Å². The van der Waals surface area contributed by atoms with Gasteiger partial charge in [-0.2, -0.15) is 26.3 Å². The number of likely N-dealkylation sites (tertiary alicyclic amines) is 1. The molecular formula is C23H30ClF6N3O5. The number of piperazine rings is 1. The molecule has 1 aromatic rings. The molecule has 2 aliphatic rings. The van der Waals surface area contributed by atoms with Crippen LogP contribution in [0, 0.1) is 5.92 Å². The van der Waals surface area contributed by atoms with E-state index >= 15 is 0 Å². The van der Waals surface area contributed by atoms with E-state index in [1.54, 1.807) is 0 Å². The highest BCUT2D eigenvalue weighted by molar-refractivity contribution is 6.30. The number of carboxylic acids is 2. The average molecular weight is 578 g/mol. The van der Waals surface area contributed by atoms with Crippen LogP contribution in [-0.2, 0) is 14.4 Å². The van der Waals surface area contributed by atoms with Gasteiger partial charge in [0.15, 0.2) is 0 Å². The maximum atomic E-state index is 12.5. The number of alkyl halides is 6. The third-order valence-corrected chi connectivity index (χ3v) is 5.91. The number of halogens is 7. The molecule has 2 aliphatic heterocycles. The molecule has 2 fully saturated rings. The Hall–Kier alpha value is -2.74. The Labute approximate surface area is 220 Å². The van der Waals surface area contributed by atoms with Crippen LogP contribution < -0.4 is 4.90 Å². The second kappa shape index (κ2) is 15.0. The minimum atomic E-state index is -5.08. The molecule has 2 heterocycles. The Morgan fingerprint density at radius 2 is 1.47 bits per heavy atom. The zero-order chi connectivity index (χ0) is 29.1. The standard InChI is InChI=1S/C19H28ClN3O.2C2HF3O2/c1-16-4-3-8-21(15-16)9-7-19(24)23-12-10-22(11-13-23)18-6-2-5-17(20)14-18;2*3-2(4,5)1(6)7/h2,5-6,14,16H,3-4,7-13,15H2,1H3;2*(H,6,7). The molecule has 1 unspecified atom stereocenters. The van der Waals surface area contributed by atoms with Crippen molar-refractivity contribution in [2.24, 2.45) is 5.92 Å². The van der Waals surface area contributed by atoms with Crippen molar-refractivity contribution in [1.29, 1.82) is 0 Å². The van der Waals surface area contributed by atoms with E-state index in [0.717, 1.165) is 62.4 Å². The summed E-state index contributed by atoms with van der Waals surface area (Å²) in [5.74, 6) is -4.44. The van der Waals surface area contributed by atoms with Crippen molar-refractivity contribution in [2.75, 3.05) is 50.7 Å². The lowest BCUT2D eigenvalue weighted by Gasteiger charge is -2.37. The number of rotatable bonds is 4. The summed E-state index contributed by atoms with van der Waals surface area (Å²) < 4.78 is 63.5. The zero-order valence-corrected chi connectivity index (χ0v) is 21.3. The topological polar surface area (TPSA) is 101 Å². The first-order valence-electron chi connectivity index (χ1n) is 11.6. The highest BCUT2D eigenvalue weighted by Gasteiger charge is 2.38. The summed E-state index contributed by atoms with van der Waals surface area (Å²) in [6, 6.07) is 7.96. The molecule has 0 bridgehead atoms. The Bertz CT molecular complexity index is 900. The average Bonchev–Trinajstić information content (AvgIpc) is 2.82. The predicted octanol–water partition coefficient (Wildman–Crippen LogP) is 4.38. The second-order valence-electron chi connectivity index (χ2n) is 8.75. The molecule has 38 heavy (non-hydrogen) atoms. The molecular weight excluding hydrogens is 548 g/mol. The van der Waals surface area contributed by atoms with E-state index in [0.29, 0.717) is 12.3 Å². The van der Waals surface area contributed by atoms with E-state index in [4.69, 9.17) is 31.4 Å². The minimum Gasteiger partial charge on any atom is -0.475 e. The van der Waals surface area contributed by atoms with Gasteiger partial charge in [0.05, 0.1) is 0 Å². The second-order valence-corrected chi connectivity index (χ2v) is 9.19. The predicted molar refractivity (Wildman–Crippen MR) is 127 cm³/mol. The Morgan fingerprint density at radius 1 is 0.947 bits per heavy atom. The Morgan fingerprint density at radius 3 is 1.92 bits per heavy atom. The summed E-state index contributed by atoms with van der Waals surface area (Å²) in [4.78, 5) is 37.1. The molecule has 8 nitrogen and oxygen atoms in total. The van der Waals surface area contributed by atoms with Crippen molar-refractivity contribution < 1.29 is 50.9 Å². The van der Waals surface area contributed by atoms with E-state index in [9.17, 15) is 31.1 Å². The van der Waals surface area contributed by atoms with Gasteiger partial charge in [0.1, 0.15) is 0 Å². The highest BCUT2D eigenvalue weighted by atomic mass is 35.5. The van der Waals surface area contributed by atoms with Crippen molar-refractivity contribution in [3.63, 3.8) is 0 Å². The van der Waals surface area contributed by atoms with Crippen LogP contribution in [0.25, 0.3) is 0 Å². The Kier molecular flexibility index (Phi) is 13.1. The van der Waals surface area contributed by atoms with Crippen LogP contribution in [-0.4, -0.2) is 96.0 Å². The van der Waals surface area contributed by atoms with E-state index in [-0.39, 0.29) is 0 Å². The minimum absolute atomic E-state index is 0.305. The summed E-state index contributed by atoms with van der Waals surface area (Å²) >= 11 is 6.07. The highest BCUT2D eigenvalue weighted by Crippen LogP contribution is 2.21. The number of aliphatic carboxylic acids is 2. The van der Waals surface area contributed by atoms with Gasteiger partial charge in [0.2, 0.25) is 5.91 Å². The molecule has 3 rings (SSSR count). The molecule has 2 saturated heterocycles. The van der Waals surface area contributed by atoms with Crippen molar-refractivity contribution in [3.05, 3.63) is 29.3 Å². The number of hydrogen-bond donors (Lipinski definition) is 2. The maximum Gasteiger partial charge on any atom is 0.490 e. The number of carbonyl (C=O) groups is 3. The van der Waals surface area contributed by atoms with Gasteiger partial charge in [-0.15, -0.1) is 0 Å². The molecule has 2 N–H and O–H groups in total. The molecule has 15 heteroatoms. The summed E-state index contributed by atoms with van der Waals surface area (Å²) in [6.45, 7) is 8.90. The normalized spacial score (nSPS) is 18.5. The lowest BCUT2D eigenvalue weighted by Crippen LogP contribution is -2.49. The fraction of sp³-hybridized carbons (Fsp3) is 0.609. The molecule has 1 amide bonds. The number of amides is 1. The summed E-state index contributed by atoms with van der Waals surface area (Å²) in [5.41, 5.74) is 1.15. The van der Waals surface area contributed by atoms with E-state index in [1.807, 2.05) is 23.1 Å². The van der Waals surface area contributed by atoms with Crippen LogP contribution >= 0.6 is 11.6 Å². The maximum absolute atomic E-state index is 12.5. The molecule has 0 aromatic heterocycles. The smallest absolute Gasteiger partial charge is 0.475 e. The molecule has 1 atom stereocenters. The monoisotopic (exact) mass is 577 g/mol. The number of carboxylic acid groups (broad SMARTS) is 2. The number of nitrogens with zero attached hydrogens (tertiary/aromatic N) is 3. The van der Waals surface area contributed by atoms with Crippen LogP contribution in [0.5, 0.6) is 0 Å². The third kappa shape index (κ3) is 12.7. The van der Waals surface area contributed by atoms with Crippen molar-refractivity contribution in [2.45, 2.75) is 38.5 Å². The van der Waals surface area contributed by atoms with Crippen molar-refractivity contribution in [1.82, 2.24) is 9.80 Å². The lowest BCUT2D eigenvalue weighted by molar-refractivity contribution is -0.193. The molecule has 0 spiro atoms. The van der Waals surface area contributed by atoms with Crippen LogP contribution in [0.1, 0.15) is 26.2 Å². The van der Waals surface area contributed by atoms with Gasteiger partial charge in [0, 0.05) is 56.4 Å². The summed E-state index contributed by atoms with van der Waals surface area (Å²) in [5, 5.41) is 15.0. The van der Waals surface area contributed by atoms with Crippen LogP contribution in [0.15, 0.2) is 24.3 Å². The largest absolute Gasteiger partial charge is 0.490 e. The van der Waals surface area contributed by atoms with Crippen LogP contribution in [0.4, 0.5) is 32.0 Å². The van der Waals surface area contributed by atoms with Gasteiger partial charge < -0.3 is 24.9 Å². The van der Waals surface area contributed by atoms with E-state index in [2.05, 4.69) is 22.8 Å². The zero-order valence-electron chi connectivity index (χ0n) is 20.6. The SMILES string of the molecule is CC1CCCN(CCC(=O)N2CCN(c3cccc(Cl)c3)CC2)C1.O=C(O)C(F)(F)F.O=C(O)C(F)(F)F. The Balaban J connectivity index is 0.000000426. The third-order valence-electron chi connectivity index (χ3n) is 5.67. The number of piperidine rings is 1. The first-order valence-corrected chi connectivity index (χ1v) is 12.0. The van der Waals surface area contributed by atoms with Gasteiger partial charge >= 0.3 is 24.3 Å². The fourth-order valence-electron chi connectivity index (χ4n) is 3.79. The molecule has 1 aromatic carbocycles. The molecule has 0 radical (unpaired) electrons. The summed E-state index contributed by atoms with van der Waals surface area (Å²) in [7, 11) is 0. The first-order chi connectivity index (χ1) is 17.5. The van der Waals surface area contributed by atoms with Gasteiger partial charge in [-0.1, -0.05) is 24.6 Å². The van der Waals surface area contributed by atoms with Crippen molar-refractivity contribution >= 4 is 35.1 Å². The molecule has 0 saturated carbocycles. The van der Waals surface area contributed by atoms with Gasteiger partial charge in [-0.25, -0.2) is 9.59 Å². The van der Waals surface area contributed by atoms with Gasteiger partial charge in [-0.05, 0) is 43.5 Å². The number of anilines is 1. The van der Waals surface area contributed by atoms with Crippen molar-refractivity contribution in [3.8, 4) is 0 Å². The van der Waals surface area contributed by atoms with Gasteiger partial charge in [-0.3, -0.25) is 4.79 Å². The first kappa shape index (κ1) is 33.3. The molecule has 216 valence electrons. The number of carbonyl (C=O) groups excluding carboxylic acids is 1. The molecule has 0 aliphatic carbocycles. The number of hydrogen-bond acceptors (Lipinski definition) is 5. The van der Waals surface area contributed by atoms with Gasteiger partial charge in [0.25, 0.3) is 0 Å². The lowest BCUT2D eigenvalue weighted by atomic mass is 10.0. The quantitative estimate of drug-likeness (QED) is 0.512. The number of benzene rings is 1. The van der Waals surface area contributed by atoms with E-state index in [1.165, 1.54) is 12.8 Å². The summed E-state index contributed by atoms with van der Waals surface area (Å²) in [6.07, 6.45) is -6.91. The van der Waals surface area contributed by atoms with E-state index < -0.39 is 24.3 Å². The van der Waals surface area contributed by atoms with Crippen LogP contribution in [0.2, 0.25) is 5.02 Å².